The lowest BCUT2D eigenvalue weighted by Gasteiger charge is -2.43. The summed E-state index contributed by atoms with van der Waals surface area (Å²) in [5.74, 6) is 16.8. The van der Waals surface area contributed by atoms with Crippen molar-refractivity contribution >= 4 is 18.7 Å². The molecule has 0 radical (unpaired) electrons. The van der Waals surface area contributed by atoms with E-state index in [1.54, 1.807) is 6.92 Å². The van der Waals surface area contributed by atoms with Crippen LogP contribution in [0.2, 0.25) is 5.04 Å². The lowest BCUT2D eigenvalue weighted by atomic mass is 10.2. The highest BCUT2D eigenvalue weighted by Gasteiger charge is 2.49. The highest BCUT2D eigenvalue weighted by atomic mass is 28.4. The van der Waals surface area contributed by atoms with Crippen molar-refractivity contribution in [2.45, 2.75) is 45.6 Å². The van der Waals surface area contributed by atoms with Gasteiger partial charge in [0.15, 0.2) is 0 Å². The molecule has 0 aromatic heterocycles. The van der Waals surface area contributed by atoms with Crippen LogP contribution in [0.25, 0.3) is 0 Å². The number of rotatable bonds is 6. The summed E-state index contributed by atoms with van der Waals surface area (Å²) < 4.78 is 6.82. The Labute approximate surface area is 171 Å². The zero-order valence-corrected chi connectivity index (χ0v) is 18.3. The molecule has 2 aromatic carbocycles. The lowest BCUT2D eigenvalue weighted by Crippen LogP contribution is -2.66. The minimum Gasteiger partial charge on any atom is -0.407 e. The fraction of sp³-hybridized carbons (Fsp3) is 0.308. The zero-order chi connectivity index (χ0) is 20.3. The number of hydrogen-bond donors (Lipinski definition) is 0. The van der Waals surface area contributed by atoms with Crippen LogP contribution < -0.4 is 10.4 Å². The summed E-state index contributed by atoms with van der Waals surface area (Å²) in [6, 6.07) is 21.4. The third kappa shape index (κ3) is 5.40. The third-order valence-corrected chi connectivity index (χ3v) is 9.62. The summed E-state index contributed by atoms with van der Waals surface area (Å²) in [4.78, 5) is 0. The fourth-order valence-corrected chi connectivity index (χ4v) is 7.99. The Morgan fingerprint density at radius 3 is 1.82 bits per heavy atom. The second kappa shape index (κ2) is 10.6. The Balaban J connectivity index is 2.25. The average molecular weight is 385 g/mol. The van der Waals surface area contributed by atoms with Gasteiger partial charge in [-0.2, -0.15) is 0 Å². The van der Waals surface area contributed by atoms with Crippen molar-refractivity contribution in [2.24, 2.45) is 0 Å². The number of benzene rings is 2. The highest BCUT2D eigenvalue weighted by Crippen LogP contribution is 2.36. The largest absolute Gasteiger partial charge is 0.407 e. The van der Waals surface area contributed by atoms with Gasteiger partial charge in [0.05, 0.1) is 0 Å². The molecule has 0 amide bonds. The maximum atomic E-state index is 6.82. The molecule has 1 nitrogen and oxygen atoms in total. The molecule has 0 N–H and O–H groups in total. The van der Waals surface area contributed by atoms with Crippen molar-refractivity contribution in [1.82, 2.24) is 0 Å². The van der Waals surface area contributed by atoms with Crippen molar-refractivity contribution < 1.29 is 4.43 Å². The van der Waals surface area contributed by atoms with Crippen molar-refractivity contribution in [2.75, 3.05) is 6.61 Å². The second-order valence-electron chi connectivity index (χ2n) is 7.54. The second-order valence-corrected chi connectivity index (χ2v) is 11.8. The molecule has 2 aromatic rings. The van der Waals surface area contributed by atoms with Gasteiger partial charge in [-0.05, 0) is 52.4 Å². The standard InChI is InChI=1S/C26H28OSi/c1-5-6-7-8-9-10-11-18-23-27-28(26(2,3)4,24-19-14-12-15-20-24)25-21-16-13-17-22-25/h12-17,19-22H,11,18,23H2,1-4H3. The fourth-order valence-electron chi connectivity index (χ4n) is 3.38. The van der Waals surface area contributed by atoms with Gasteiger partial charge in [0, 0.05) is 13.0 Å². The van der Waals surface area contributed by atoms with Gasteiger partial charge >= 0.3 is 0 Å². The first kappa shape index (κ1) is 21.6. The molecule has 0 aliphatic heterocycles. The van der Waals surface area contributed by atoms with Gasteiger partial charge in [-0.25, -0.2) is 0 Å². The van der Waals surface area contributed by atoms with Crippen LogP contribution in [0.1, 0.15) is 40.5 Å². The summed E-state index contributed by atoms with van der Waals surface area (Å²) in [6.45, 7) is 9.34. The lowest BCUT2D eigenvalue weighted by molar-refractivity contribution is 0.293. The van der Waals surface area contributed by atoms with Crippen LogP contribution in [-0.4, -0.2) is 14.9 Å². The summed E-state index contributed by atoms with van der Waals surface area (Å²) in [7, 11) is -2.43. The first-order valence-electron chi connectivity index (χ1n) is 9.67. The molecule has 0 heterocycles. The van der Waals surface area contributed by atoms with E-state index in [0.717, 1.165) is 12.8 Å². The van der Waals surface area contributed by atoms with Gasteiger partial charge in [-0.3, -0.25) is 0 Å². The minimum atomic E-state index is -2.43. The van der Waals surface area contributed by atoms with Gasteiger partial charge < -0.3 is 4.43 Å². The van der Waals surface area contributed by atoms with Crippen LogP contribution in [0.3, 0.4) is 0 Å². The Morgan fingerprint density at radius 2 is 1.32 bits per heavy atom. The van der Waals surface area contributed by atoms with E-state index >= 15 is 0 Å². The van der Waals surface area contributed by atoms with Crippen LogP contribution in [0, 0.1) is 35.5 Å². The van der Waals surface area contributed by atoms with Crippen molar-refractivity contribution in [3.05, 3.63) is 60.7 Å². The quantitative estimate of drug-likeness (QED) is 0.408. The smallest absolute Gasteiger partial charge is 0.261 e. The Kier molecular flexibility index (Phi) is 8.16. The van der Waals surface area contributed by atoms with E-state index in [9.17, 15) is 0 Å². The van der Waals surface area contributed by atoms with E-state index in [4.69, 9.17) is 4.43 Å². The van der Waals surface area contributed by atoms with Gasteiger partial charge in [0.2, 0.25) is 0 Å². The average Bonchev–Trinajstić information content (AvgIpc) is 2.70. The molecule has 2 rings (SSSR count). The van der Waals surface area contributed by atoms with Crippen LogP contribution in [0.4, 0.5) is 0 Å². The first-order chi connectivity index (χ1) is 13.5. The van der Waals surface area contributed by atoms with Crippen molar-refractivity contribution in [3.63, 3.8) is 0 Å². The Hall–Kier alpha value is -2.70. The van der Waals surface area contributed by atoms with Crippen LogP contribution in [-0.2, 0) is 4.43 Å². The molecular weight excluding hydrogens is 356 g/mol. The van der Waals surface area contributed by atoms with E-state index < -0.39 is 8.32 Å². The maximum Gasteiger partial charge on any atom is 0.261 e. The van der Waals surface area contributed by atoms with Gasteiger partial charge in [0.1, 0.15) is 0 Å². The summed E-state index contributed by atoms with van der Waals surface area (Å²) in [5.41, 5.74) is 0. The van der Waals surface area contributed by atoms with Gasteiger partial charge in [-0.15, -0.1) is 0 Å². The molecular formula is C26H28OSi. The molecule has 0 atom stereocenters. The third-order valence-electron chi connectivity index (χ3n) is 4.58. The van der Waals surface area contributed by atoms with Crippen molar-refractivity contribution in [1.29, 1.82) is 0 Å². The zero-order valence-electron chi connectivity index (χ0n) is 17.3. The molecule has 0 unspecified atom stereocenters. The number of hydrogen-bond acceptors (Lipinski definition) is 1. The number of unbranched alkanes of at least 4 members (excludes halogenated alkanes) is 1. The molecule has 0 spiro atoms. The Bertz CT molecular complexity index is 881. The molecule has 0 saturated carbocycles. The molecule has 0 saturated heterocycles. The van der Waals surface area contributed by atoms with E-state index in [1.165, 1.54) is 10.4 Å². The van der Waals surface area contributed by atoms with E-state index in [2.05, 4.69) is 117 Å². The highest BCUT2D eigenvalue weighted by molar-refractivity contribution is 6.99. The topological polar surface area (TPSA) is 9.23 Å². The van der Waals surface area contributed by atoms with Crippen molar-refractivity contribution in [3.8, 4) is 35.5 Å². The molecule has 2 heteroatoms. The predicted molar refractivity (Wildman–Crippen MR) is 122 cm³/mol. The molecule has 0 bridgehead atoms. The van der Waals surface area contributed by atoms with Crippen LogP contribution in [0.5, 0.6) is 0 Å². The first-order valence-corrected chi connectivity index (χ1v) is 11.6. The van der Waals surface area contributed by atoms with Crippen LogP contribution >= 0.6 is 0 Å². The molecule has 0 aliphatic rings. The van der Waals surface area contributed by atoms with Crippen LogP contribution in [0.15, 0.2) is 60.7 Å². The molecule has 0 aliphatic carbocycles. The predicted octanol–water partition coefficient (Wildman–Crippen LogP) is 4.37. The minimum absolute atomic E-state index is 0.00564. The summed E-state index contributed by atoms with van der Waals surface area (Å²) in [5, 5.41) is 2.62. The summed E-state index contributed by atoms with van der Waals surface area (Å²) in [6.07, 6.45) is 1.66. The Morgan fingerprint density at radius 1 is 0.786 bits per heavy atom. The van der Waals surface area contributed by atoms with E-state index in [0.29, 0.717) is 6.61 Å². The van der Waals surface area contributed by atoms with E-state index in [-0.39, 0.29) is 5.04 Å². The van der Waals surface area contributed by atoms with E-state index in [1.807, 2.05) is 0 Å². The molecule has 0 fully saturated rings. The molecule has 28 heavy (non-hydrogen) atoms. The summed E-state index contributed by atoms with van der Waals surface area (Å²) >= 11 is 0. The SMILES string of the molecule is CC#CC#CC#CCCCO[Si](c1ccccc1)(c1ccccc1)C(C)(C)C. The maximum absolute atomic E-state index is 6.82. The molecule has 142 valence electrons. The normalized spacial score (nSPS) is 10.6. The van der Waals surface area contributed by atoms with Gasteiger partial charge in [0.25, 0.3) is 8.32 Å². The monoisotopic (exact) mass is 384 g/mol. The van der Waals surface area contributed by atoms with Gasteiger partial charge in [-0.1, -0.05) is 93.3 Å².